The summed E-state index contributed by atoms with van der Waals surface area (Å²) < 4.78 is 6.51. The lowest BCUT2D eigenvalue weighted by atomic mass is 9.78. The topological polar surface area (TPSA) is 16.4 Å². The van der Waals surface area contributed by atoms with Crippen molar-refractivity contribution >= 4 is 50.6 Å². The largest absolute Gasteiger partial charge is 0.456 e. The van der Waals surface area contributed by atoms with Crippen molar-refractivity contribution in [2.45, 2.75) is 84.5 Å². The molecule has 0 atom stereocenters. The first-order valence-electron chi connectivity index (χ1n) is 25.5. The van der Waals surface area contributed by atoms with Crippen molar-refractivity contribution in [3.8, 4) is 44.5 Å². The van der Waals surface area contributed by atoms with Crippen LogP contribution in [0.25, 0.3) is 78.1 Å². The maximum absolute atomic E-state index is 6.51. The predicted molar refractivity (Wildman–Crippen MR) is 302 cm³/mol. The summed E-state index contributed by atoms with van der Waals surface area (Å²) in [6, 6.07) is 72.5. The standard InChI is InChI=1S/C69H61NO/c1-67(2,3)49-39-48(40-50(43-49)68(4,5)6)53-25-17-19-45-20-18-26-59(66(45)53)56-23-11-15-29-63(56)70(62-28-14-10-21-52(62)47-34-38-58-57-24-12-16-30-64(57)71-65(58)42-47)51-35-31-44(32-36-51)46-33-37-55-54-22-9-13-27-60(54)69(7,8)61(55)41-46/h9-17,19-25,27-43H,18,26H2,1-8H3. The van der Waals surface area contributed by atoms with Crippen LogP contribution in [0.4, 0.5) is 17.1 Å². The third kappa shape index (κ3) is 7.64. The Labute approximate surface area is 419 Å². The first-order chi connectivity index (χ1) is 34.2. The Kier molecular flexibility index (Phi) is 10.5. The summed E-state index contributed by atoms with van der Waals surface area (Å²) in [5, 5.41) is 4.89. The van der Waals surface area contributed by atoms with Crippen molar-refractivity contribution < 1.29 is 4.42 Å². The number of hydrogen-bond acceptors (Lipinski definition) is 2. The van der Waals surface area contributed by atoms with Crippen LogP contribution in [0.15, 0.2) is 199 Å². The summed E-state index contributed by atoms with van der Waals surface area (Å²) >= 11 is 0. The third-order valence-electron chi connectivity index (χ3n) is 15.5. The minimum absolute atomic E-state index is 0.00249. The van der Waals surface area contributed by atoms with Gasteiger partial charge in [-0.15, -0.1) is 0 Å². The van der Waals surface area contributed by atoms with Crippen molar-refractivity contribution in [3.63, 3.8) is 0 Å². The molecule has 71 heavy (non-hydrogen) atoms. The molecule has 0 bridgehead atoms. The lowest BCUT2D eigenvalue weighted by Gasteiger charge is -2.31. The minimum atomic E-state index is -0.0746. The van der Waals surface area contributed by atoms with Gasteiger partial charge in [-0.1, -0.05) is 207 Å². The molecule has 9 aromatic carbocycles. The first-order valence-corrected chi connectivity index (χ1v) is 25.5. The van der Waals surface area contributed by atoms with Crippen LogP contribution in [0.1, 0.15) is 96.0 Å². The molecule has 2 aliphatic carbocycles. The summed E-state index contributed by atoms with van der Waals surface area (Å²) in [5.41, 5.74) is 23.1. The Morgan fingerprint density at radius 3 is 1.77 bits per heavy atom. The summed E-state index contributed by atoms with van der Waals surface area (Å²) in [5.74, 6) is 0. The van der Waals surface area contributed by atoms with Crippen molar-refractivity contribution in [1.82, 2.24) is 0 Å². The van der Waals surface area contributed by atoms with E-state index in [4.69, 9.17) is 4.42 Å². The molecule has 0 amide bonds. The molecule has 2 nitrogen and oxygen atoms in total. The van der Waals surface area contributed by atoms with Crippen molar-refractivity contribution in [1.29, 1.82) is 0 Å². The average molecular weight is 920 g/mol. The van der Waals surface area contributed by atoms with Crippen LogP contribution < -0.4 is 15.3 Å². The normalized spacial score (nSPS) is 14.0. The molecular weight excluding hydrogens is 859 g/mol. The van der Waals surface area contributed by atoms with E-state index in [1.54, 1.807) is 0 Å². The molecule has 0 saturated carbocycles. The zero-order chi connectivity index (χ0) is 48.8. The van der Waals surface area contributed by atoms with Gasteiger partial charge in [-0.3, -0.25) is 0 Å². The Bertz CT molecular complexity index is 3830. The summed E-state index contributed by atoms with van der Waals surface area (Å²) in [6.45, 7) is 18.7. The maximum atomic E-state index is 6.51. The molecule has 2 heteroatoms. The minimum Gasteiger partial charge on any atom is -0.456 e. The third-order valence-corrected chi connectivity index (χ3v) is 15.5. The highest BCUT2D eigenvalue weighted by Crippen LogP contribution is 2.50. The van der Waals surface area contributed by atoms with Gasteiger partial charge in [-0.25, -0.2) is 0 Å². The van der Waals surface area contributed by atoms with E-state index < -0.39 is 0 Å². The first kappa shape index (κ1) is 44.5. The quantitative estimate of drug-likeness (QED) is 0.158. The van der Waals surface area contributed by atoms with Crippen LogP contribution in [0.3, 0.4) is 0 Å². The summed E-state index contributed by atoms with van der Waals surface area (Å²) in [4.78, 5) is 2.51. The number of benzene rings is 9. The molecule has 10 aromatic rings. The molecule has 0 radical (unpaired) electrons. The molecule has 12 rings (SSSR count). The molecule has 0 N–H and O–H groups in total. The molecule has 2 aliphatic rings. The highest BCUT2D eigenvalue weighted by atomic mass is 16.3. The number of para-hydroxylation sites is 3. The fourth-order valence-electron chi connectivity index (χ4n) is 11.6. The van der Waals surface area contributed by atoms with E-state index in [-0.39, 0.29) is 16.2 Å². The van der Waals surface area contributed by atoms with Gasteiger partial charge in [0, 0.05) is 33.0 Å². The number of furan rings is 1. The zero-order valence-corrected chi connectivity index (χ0v) is 42.3. The second-order valence-corrected chi connectivity index (χ2v) is 22.4. The van der Waals surface area contributed by atoms with Crippen molar-refractivity contribution in [3.05, 3.63) is 232 Å². The van der Waals surface area contributed by atoms with Crippen molar-refractivity contribution in [2.24, 2.45) is 0 Å². The number of nitrogens with zero attached hydrogens (tertiary/aromatic N) is 1. The predicted octanol–water partition coefficient (Wildman–Crippen LogP) is 17.7. The van der Waals surface area contributed by atoms with E-state index in [1.165, 1.54) is 77.2 Å². The molecule has 0 saturated heterocycles. The Balaban J connectivity index is 1.06. The molecule has 1 heterocycles. The maximum Gasteiger partial charge on any atom is 0.136 e. The van der Waals surface area contributed by atoms with Gasteiger partial charge >= 0.3 is 0 Å². The summed E-state index contributed by atoms with van der Waals surface area (Å²) in [7, 11) is 0. The van der Waals surface area contributed by atoms with Crippen LogP contribution >= 0.6 is 0 Å². The fraction of sp³-hybridized carbons (Fsp3) is 0.188. The molecule has 0 unspecified atom stereocenters. The Morgan fingerprint density at radius 2 is 1.03 bits per heavy atom. The van der Waals surface area contributed by atoms with Gasteiger partial charge < -0.3 is 9.32 Å². The van der Waals surface area contributed by atoms with Crippen molar-refractivity contribution in [2.75, 3.05) is 4.90 Å². The molecule has 1 aromatic heterocycles. The monoisotopic (exact) mass is 919 g/mol. The lowest BCUT2D eigenvalue weighted by molar-refractivity contribution is 0.569. The average Bonchev–Trinajstić information content (AvgIpc) is 3.86. The Hall–Kier alpha value is -7.68. The smallest absolute Gasteiger partial charge is 0.136 e. The second kappa shape index (κ2) is 16.7. The fourth-order valence-corrected chi connectivity index (χ4v) is 11.6. The van der Waals surface area contributed by atoms with E-state index in [2.05, 4.69) is 254 Å². The zero-order valence-electron chi connectivity index (χ0n) is 42.3. The second-order valence-electron chi connectivity index (χ2n) is 22.4. The van der Waals surface area contributed by atoms with Crippen LogP contribution in [-0.4, -0.2) is 0 Å². The molecule has 348 valence electrons. The summed E-state index contributed by atoms with van der Waals surface area (Å²) in [6.07, 6.45) is 4.35. The molecule has 0 aliphatic heterocycles. The number of anilines is 3. The molecule has 0 fully saturated rings. The van der Waals surface area contributed by atoms with Gasteiger partial charge in [0.15, 0.2) is 0 Å². The van der Waals surface area contributed by atoms with Gasteiger partial charge in [0.2, 0.25) is 0 Å². The highest BCUT2D eigenvalue weighted by molar-refractivity contribution is 6.06. The number of fused-ring (bicyclic) bond motifs is 7. The van der Waals surface area contributed by atoms with Crippen LogP contribution in [-0.2, 0) is 16.2 Å². The van der Waals surface area contributed by atoms with E-state index in [1.807, 2.05) is 6.07 Å². The SMILES string of the molecule is CC(C)(C)c1cc(-c2cccc3c2=C(c2ccccc2N(c2ccc(-c4ccc5c(c4)C(C)(C)c4ccccc4-5)cc2)c2ccccc2-c2ccc4c(c2)oc2ccccc24)CCC=3)cc(C(C)(C)C)c1. The van der Waals surface area contributed by atoms with Crippen LogP contribution in [0.5, 0.6) is 0 Å². The van der Waals surface area contributed by atoms with Gasteiger partial charge in [-0.2, -0.15) is 0 Å². The van der Waals surface area contributed by atoms with E-state index >= 15 is 0 Å². The number of rotatable bonds is 7. The van der Waals surface area contributed by atoms with E-state index in [0.29, 0.717) is 0 Å². The van der Waals surface area contributed by atoms with Crippen LogP contribution in [0, 0.1) is 0 Å². The van der Waals surface area contributed by atoms with E-state index in [0.717, 1.165) is 63.0 Å². The Morgan fingerprint density at radius 1 is 0.437 bits per heavy atom. The molecular formula is C69H61NO. The van der Waals surface area contributed by atoms with Gasteiger partial charge in [-0.05, 0) is 149 Å². The molecule has 0 spiro atoms. The highest BCUT2D eigenvalue weighted by Gasteiger charge is 2.35. The van der Waals surface area contributed by atoms with E-state index in [9.17, 15) is 0 Å². The van der Waals surface area contributed by atoms with Crippen LogP contribution in [0.2, 0.25) is 0 Å². The van der Waals surface area contributed by atoms with Gasteiger partial charge in [0.1, 0.15) is 11.2 Å². The van der Waals surface area contributed by atoms with Gasteiger partial charge in [0.05, 0.1) is 11.4 Å². The van der Waals surface area contributed by atoms with Gasteiger partial charge in [0.25, 0.3) is 0 Å². The number of hydrogen-bond donors (Lipinski definition) is 0. The lowest BCUT2D eigenvalue weighted by Crippen LogP contribution is -2.32.